The minimum Gasteiger partial charge on any atom is -0.381 e. The van der Waals surface area contributed by atoms with Gasteiger partial charge in [-0.25, -0.2) is 8.78 Å². The van der Waals surface area contributed by atoms with Crippen molar-refractivity contribution < 1.29 is 26.3 Å². The molecular formula is C29H30F6N4S. The van der Waals surface area contributed by atoms with E-state index in [9.17, 15) is 17.6 Å². The number of benzene rings is 2. The third kappa shape index (κ3) is 5.94. The van der Waals surface area contributed by atoms with Gasteiger partial charge in [0, 0.05) is 65.1 Å². The zero-order valence-corrected chi connectivity index (χ0v) is 22.8. The van der Waals surface area contributed by atoms with Crippen LogP contribution < -0.4 is 5.32 Å². The second-order valence-electron chi connectivity index (χ2n) is 10.6. The van der Waals surface area contributed by atoms with Crippen LogP contribution in [-0.4, -0.2) is 65.9 Å². The molecular weight excluding hydrogens is 550 g/mol. The smallest absolute Gasteiger partial charge is 0.381 e. The number of anilines is 1. The number of aromatic amines is 1. The largest absolute Gasteiger partial charge is 0.401 e. The summed E-state index contributed by atoms with van der Waals surface area (Å²) >= 11 is 3.94. The third-order valence-electron chi connectivity index (χ3n) is 7.78. The molecule has 3 heterocycles. The quantitative estimate of drug-likeness (QED) is 0.171. The Bertz CT molecular complexity index is 1420. The molecule has 1 fully saturated rings. The topological polar surface area (TPSA) is 34.3 Å². The first kappa shape index (κ1) is 28.7. The first-order valence-corrected chi connectivity index (χ1v) is 13.7. The molecule has 0 aliphatic carbocycles. The standard InChI is InChI=1S/C29H30F6N4S/c1-17-11-22-21-12-18(6-10-40)3-4-25(21)37-27(22)28(39(17)16-29(33,34)35)26-23(31)13-20(14-24(26)32)36-19-5-9-38(15-19)8-2-7-30/h3-4,12-14,17,19,28,36-37,40H,2,5,7-9,11,15-16H2,1H3/t17-,19+,28-/m1/s1. The van der Waals surface area contributed by atoms with Gasteiger partial charge in [0.2, 0.25) is 0 Å². The summed E-state index contributed by atoms with van der Waals surface area (Å²) in [4.78, 5) is 6.36. The predicted molar refractivity (Wildman–Crippen MR) is 147 cm³/mol. The number of aromatic nitrogens is 1. The maximum Gasteiger partial charge on any atom is 0.401 e. The molecule has 11 heteroatoms. The van der Waals surface area contributed by atoms with Crippen molar-refractivity contribution >= 4 is 29.2 Å². The van der Waals surface area contributed by atoms with Crippen LogP contribution in [0.1, 0.15) is 48.2 Å². The molecule has 0 amide bonds. The van der Waals surface area contributed by atoms with Crippen molar-refractivity contribution in [1.82, 2.24) is 14.8 Å². The normalized spacial score (nSPS) is 21.9. The lowest BCUT2D eigenvalue weighted by molar-refractivity contribution is -0.155. The number of halogens is 6. The Morgan fingerprint density at radius 2 is 1.90 bits per heavy atom. The number of hydrogen-bond acceptors (Lipinski definition) is 4. The van der Waals surface area contributed by atoms with Crippen LogP contribution in [0.4, 0.5) is 32.0 Å². The summed E-state index contributed by atoms with van der Waals surface area (Å²) in [6.07, 6.45) is -3.15. The maximum atomic E-state index is 15.8. The molecule has 2 aliphatic rings. The zero-order valence-electron chi connectivity index (χ0n) is 21.9. The molecule has 2 aliphatic heterocycles. The van der Waals surface area contributed by atoms with Gasteiger partial charge in [-0.05, 0) is 67.3 Å². The number of hydrogen-bond donors (Lipinski definition) is 3. The number of rotatable bonds is 7. The fraction of sp³-hybridized carbons (Fsp3) is 0.448. The monoisotopic (exact) mass is 580 g/mol. The molecule has 3 atom stereocenters. The average Bonchev–Trinajstić information content (AvgIpc) is 3.47. The van der Waals surface area contributed by atoms with Gasteiger partial charge >= 0.3 is 6.18 Å². The highest BCUT2D eigenvalue weighted by molar-refractivity contribution is 7.85. The van der Waals surface area contributed by atoms with Gasteiger partial charge in [0.05, 0.1) is 19.3 Å². The predicted octanol–water partition coefficient (Wildman–Crippen LogP) is 6.43. The molecule has 2 N–H and O–H groups in total. The van der Waals surface area contributed by atoms with Crippen LogP contribution in [0.5, 0.6) is 0 Å². The second-order valence-corrected chi connectivity index (χ2v) is 10.8. The fourth-order valence-corrected chi connectivity index (χ4v) is 6.19. The van der Waals surface area contributed by atoms with Gasteiger partial charge in [0.1, 0.15) is 11.6 Å². The number of likely N-dealkylation sites (tertiary alicyclic amines) is 1. The van der Waals surface area contributed by atoms with E-state index in [-0.39, 0.29) is 18.2 Å². The van der Waals surface area contributed by atoms with Crippen LogP contribution in [0, 0.1) is 22.8 Å². The summed E-state index contributed by atoms with van der Waals surface area (Å²) in [7, 11) is 0. The first-order valence-electron chi connectivity index (χ1n) is 13.2. The Morgan fingerprint density at radius 1 is 1.15 bits per heavy atom. The van der Waals surface area contributed by atoms with Gasteiger partial charge in [-0.2, -0.15) is 13.2 Å². The van der Waals surface area contributed by atoms with Crippen molar-refractivity contribution in [3.05, 3.63) is 64.4 Å². The molecule has 0 spiro atoms. The lowest BCUT2D eigenvalue weighted by Crippen LogP contribution is -2.47. The SMILES string of the molecule is C[C@@H]1Cc2c([nH]c3ccc(C#CS)cc23)[C@@H](c2c(F)cc(N[C@H]3CCN(CCCF)C3)cc2F)N1CC(F)(F)F. The van der Waals surface area contributed by atoms with E-state index in [4.69, 9.17) is 0 Å². The van der Waals surface area contributed by atoms with E-state index in [2.05, 4.69) is 39.0 Å². The van der Waals surface area contributed by atoms with Gasteiger partial charge in [-0.15, -0.1) is 0 Å². The van der Waals surface area contributed by atoms with E-state index in [0.717, 1.165) is 35.4 Å². The van der Waals surface area contributed by atoms with E-state index >= 15 is 8.78 Å². The van der Waals surface area contributed by atoms with Gasteiger partial charge < -0.3 is 15.2 Å². The van der Waals surface area contributed by atoms with Crippen molar-refractivity contribution in [3.8, 4) is 11.2 Å². The van der Waals surface area contributed by atoms with Crippen LogP contribution in [0.2, 0.25) is 0 Å². The highest BCUT2D eigenvalue weighted by Gasteiger charge is 2.44. The van der Waals surface area contributed by atoms with E-state index in [1.807, 2.05) is 6.07 Å². The number of H-pyrrole nitrogens is 1. The lowest BCUT2D eigenvalue weighted by Gasteiger charge is -2.41. The zero-order chi connectivity index (χ0) is 28.6. The summed E-state index contributed by atoms with van der Waals surface area (Å²) in [5, 5.41) is 6.43. The Labute approximate surface area is 234 Å². The molecule has 214 valence electrons. The summed E-state index contributed by atoms with van der Waals surface area (Å²) in [6.45, 7) is 1.89. The van der Waals surface area contributed by atoms with Crippen LogP contribution >= 0.6 is 12.6 Å². The number of fused-ring (bicyclic) bond motifs is 3. The molecule has 3 aromatic rings. The van der Waals surface area contributed by atoms with E-state index < -0.39 is 48.7 Å². The van der Waals surface area contributed by atoms with Crippen LogP contribution in [-0.2, 0) is 6.42 Å². The summed E-state index contributed by atoms with van der Waals surface area (Å²) < 4.78 is 85.3. The van der Waals surface area contributed by atoms with Gasteiger partial charge in [-0.3, -0.25) is 9.29 Å². The molecule has 1 saturated heterocycles. The summed E-state index contributed by atoms with van der Waals surface area (Å²) in [5.74, 6) is 1.00. The van der Waals surface area contributed by atoms with Crippen molar-refractivity contribution in [2.45, 2.75) is 50.5 Å². The molecule has 0 unspecified atom stereocenters. The molecule has 0 radical (unpaired) electrons. The molecule has 2 aromatic carbocycles. The minimum atomic E-state index is -4.57. The van der Waals surface area contributed by atoms with Crippen molar-refractivity contribution in [2.24, 2.45) is 0 Å². The molecule has 0 bridgehead atoms. The Kier molecular flexibility index (Phi) is 8.32. The van der Waals surface area contributed by atoms with Crippen LogP contribution in [0.15, 0.2) is 30.3 Å². The van der Waals surface area contributed by atoms with Crippen LogP contribution in [0.25, 0.3) is 10.9 Å². The van der Waals surface area contributed by atoms with Crippen molar-refractivity contribution in [3.63, 3.8) is 0 Å². The highest BCUT2D eigenvalue weighted by Crippen LogP contribution is 2.44. The van der Waals surface area contributed by atoms with E-state index in [0.29, 0.717) is 41.8 Å². The first-order chi connectivity index (χ1) is 19.1. The highest BCUT2D eigenvalue weighted by atomic mass is 32.1. The molecule has 0 saturated carbocycles. The van der Waals surface area contributed by atoms with Crippen molar-refractivity contribution in [2.75, 3.05) is 38.2 Å². The summed E-state index contributed by atoms with van der Waals surface area (Å²) in [5.41, 5.74) is 2.17. The lowest BCUT2D eigenvalue weighted by atomic mass is 9.87. The van der Waals surface area contributed by atoms with E-state index in [1.165, 1.54) is 0 Å². The molecule has 40 heavy (non-hydrogen) atoms. The van der Waals surface area contributed by atoms with Gasteiger partial charge in [0.25, 0.3) is 0 Å². The molecule has 5 rings (SSSR count). The third-order valence-corrected chi connectivity index (χ3v) is 7.89. The van der Waals surface area contributed by atoms with E-state index in [1.54, 1.807) is 19.1 Å². The number of nitrogens with one attached hydrogen (secondary N) is 2. The maximum absolute atomic E-state index is 15.8. The molecule has 4 nitrogen and oxygen atoms in total. The Morgan fingerprint density at radius 3 is 2.58 bits per heavy atom. The Hall–Kier alpha value is -2.81. The number of alkyl halides is 4. The fourth-order valence-electron chi connectivity index (χ4n) is 6.06. The summed E-state index contributed by atoms with van der Waals surface area (Å²) in [6, 6.07) is 5.59. The minimum absolute atomic E-state index is 0.0736. The average molecular weight is 581 g/mol. The van der Waals surface area contributed by atoms with Crippen LogP contribution in [0.3, 0.4) is 0 Å². The number of nitrogens with zero attached hydrogens (tertiary/aromatic N) is 2. The molecule has 1 aromatic heterocycles. The Balaban J connectivity index is 1.53. The van der Waals surface area contributed by atoms with Gasteiger partial charge in [0.15, 0.2) is 0 Å². The van der Waals surface area contributed by atoms with Gasteiger partial charge in [-0.1, -0.05) is 18.5 Å². The van der Waals surface area contributed by atoms with Crippen molar-refractivity contribution in [1.29, 1.82) is 0 Å². The number of thiol groups is 1. The second kappa shape index (κ2) is 11.6.